The first-order valence-electron chi connectivity index (χ1n) is 5.47. The number of hydrogen-bond donors (Lipinski definition) is 1. The maximum absolute atomic E-state index is 12.2. The fraction of sp³-hybridized carbons (Fsp3) is 0.636. The molecule has 1 aromatic rings. The summed E-state index contributed by atoms with van der Waals surface area (Å²) in [5, 5.41) is 4.48. The smallest absolute Gasteiger partial charge is 0.179 e. The van der Waals surface area contributed by atoms with Crippen molar-refractivity contribution in [2.24, 2.45) is 5.92 Å². The summed E-state index contributed by atoms with van der Waals surface area (Å²) in [6.45, 7) is 1.94. The van der Waals surface area contributed by atoms with Gasteiger partial charge in [0.15, 0.2) is 5.78 Å². The largest absolute Gasteiger partial charge is 0.310 e. The van der Waals surface area contributed by atoms with Gasteiger partial charge in [-0.2, -0.15) is 0 Å². The summed E-state index contributed by atoms with van der Waals surface area (Å²) < 4.78 is 0. The maximum atomic E-state index is 12.2. The summed E-state index contributed by atoms with van der Waals surface area (Å²) in [4.78, 5) is 17.2. The predicted octanol–water partition coefficient (Wildman–Crippen LogP) is 1.77. The van der Waals surface area contributed by atoms with Crippen molar-refractivity contribution in [2.45, 2.75) is 38.3 Å². The fourth-order valence-corrected chi connectivity index (χ4v) is 3.55. The topological polar surface area (TPSA) is 42.0 Å². The number of nitrogens with one attached hydrogen (secondary N) is 1. The van der Waals surface area contributed by atoms with Gasteiger partial charge in [0.05, 0.1) is 9.88 Å². The van der Waals surface area contributed by atoms with E-state index in [0.717, 1.165) is 16.3 Å². The third-order valence-electron chi connectivity index (χ3n) is 3.50. The van der Waals surface area contributed by atoms with Gasteiger partial charge in [-0.1, -0.05) is 0 Å². The molecule has 3 atom stereocenters. The Balaban J connectivity index is 1.81. The van der Waals surface area contributed by atoms with Crippen LogP contribution in [0.4, 0.5) is 0 Å². The highest BCUT2D eigenvalue weighted by molar-refractivity contribution is 7.13. The van der Waals surface area contributed by atoms with Crippen LogP contribution in [-0.2, 0) is 0 Å². The van der Waals surface area contributed by atoms with E-state index in [1.807, 2.05) is 6.92 Å². The van der Waals surface area contributed by atoms with Crippen LogP contribution in [0.1, 0.15) is 33.9 Å². The first kappa shape index (κ1) is 9.48. The first-order chi connectivity index (χ1) is 7.24. The Morgan fingerprint density at radius 3 is 3.00 bits per heavy atom. The Morgan fingerprint density at radius 1 is 1.60 bits per heavy atom. The normalized spacial score (nSPS) is 33.5. The summed E-state index contributed by atoms with van der Waals surface area (Å²) >= 11 is 1.52. The van der Waals surface area contributed by atoms with Crippen LogP contribution in [0.2, 0.25) is 0 Å². The van der Waals surface area contributed by atoms with Crippen LogP contribution in [0.15, 0.2) is 6.20 Å². The highest BCUT2D eigenvalue weighted by atomic mass is 32.1. The third kappa shape index (κ3) is 1.52. The lowest BCUT2D eigenvalue weighted by atomic mass is 9.86. The van der Waals surface area contributed by atoms with Gasteiger partial charge in [0.2, 0.25) is 0 Å². The summed E-state index contributed by atoms with van der Waals surface area (Å²) in [6, 6.07) is 1.03. The monoisotopic (exact) mass is 222 g/mol. The number of fused-ring (bicyclic) bond motifs is 2. The van der Waals surface area contributed by atoms with Crippen LogP contribution < -0.4 is 5.32 Å². The molecule has 1 aromatic heterocycles. The Hall–Kier alpha value is -0.740. The molecule has 15 heavy (non-hydrogen) atoms. The lowest BCUT2D eigenvalue weighted by Gasteiger charge is -2.17. The summed E-state index contributed by atoms with van der Waals surface area (Å²) in [5.74, 6) is 0.518. The van der Waals surface area contributed by atoms with Gasteiger partial charge in [0.25, 0.3) is 0 Å². The molecule has 0 saturated carbocycles. The van der Waals surface area contributed by atoms with Gasteiger partial charge in [0.1, 0.15) is 0 Å². The molecule has 4 heteroatoms. The van der Waals surface area contributed by atoms with Crippen LogP contribution in [-0.4, -0.2) is 22.9 Å². The second-order valence-electron chi connectivity index (χ2n) is 4.50. The van der Waals surface area contributed by atoms with Crippen molar-refractivity contribution in [1.29, 1.82) is 0 Å². The van der Waals surface area contributed by atoms with E-state index in [9.17, 15) is 4.79 Å². The lowest BCUT2D eigenvalue weighted by molar-refractivity contribution is 0.0905. The van der Waals surface area contributed by atoms with Crippen molar-refractivity contribution in [1.82, 2.24) is 10.3 Å². The number of Topliss-reactive ketones (excluding diaryl/α,β-unsaturated/α-hetero) is 1. The average molecular weight is 222 g/mol. The van der Waals surface area contributed by atoms with Crippen molar-refractivity contribution in [2.75, 3.05) is 0 Å². The van der Waals surface area contributed by atoms with Gasteiger partial charge in [-0.05, 0) is 26.2 Å². The number of carbonyl (C=O) groups is 1. The number of aryl methyl sites for hydroxylation is 1. The second kappa shape index (κ2) is 3.39. The van der Waals surface area contributed by atoms with Crippen LogP contribution in [0.25, 0.3) is 0 Å². The minimum Gasteiger partial charge on any atom is -0.310 e. The number of nitrogens with zero attached hydrogens (tertiary/aromatic N) is 1. The van der Waals surface area contributed by atoms with Crippen LogP contribution in [0, 0.1) is 12.8 Å². The molecule has 0 aliphatic carbocycles. The van der Waals surface area contributed by atoms with Crippen LogP contribution in [0.3, 0.4) is 0 Å². The Morgan fingerprint density at radius 2 is 2.47 bits per heavy atom. The van der Waals surface area contributed by atoms with Gasteiger partial charge in [-0.15, -0.1) is 11.3 Å². The quantitative estimate of drug-likeness (QED) is 0.775. The van der Waals surface area contributed by atoms with Gasteiger partial charge < -0.3 is 5.32 Å². The van der Waals surface area contributed by atoms with E-state index in [4.69, 9.17) is 0 Å². The minimum absolute atomic E-state index is 0.212. The number of rotatable bonds is 2. The highest BCUT2D eigenvalue weighted by Crippen LogP contribution is 2.35. The molecule has 80 valence electrons. The molecular weight excluding hydrogens is 208 g/mol. The maximum Gasteiger partial charge on any atom is 0.179 e. The van der Waals surface area contributed by atoms with Gasteiger partial charge >= 0.3 is 0 Å². The standard InChI is InChI=1S/C11H14N2OS/c1-6-12-5-10(15-6)11(14)8-4-7-2-3-9(8)13-7/h5,7-9,13H,2-4H2,1H3. The molecule has 2 aliphatic heterocycles. The summed E-state index contributed by atoms with van der Waals surface area (Å²) in [6.07, 6.45) is 5.17. The molecular formula is C11H14N2OS. The number of carbonyl (C=O) groups excluding carboxylic acids is 1. The van der Waals surface area contributed by atoms with E-state index in [-0.39, 0.29) is 5.92 Å². The van der Waals surface area contributed by atoms with E-state index in [2.05, 4.69) is 10.3 Å². The molecule has 3 rings (SSSR count). The van der Waals surface area contributed by atoms with E-state index in [0.29, 0.717) is 17.9 Å². The fourth-order valence-electron chi connectivity index (χ4n) is 2.77. The molecule has 0 aromatic carbocycles. The molecule has 3 heterocycles. The van der Waals surface area contributed by atoms with Crippen molar-refractivity contribution in [3.05, 3.63) is 16.1 Å². The van der Waals surface area contributed by atoms with Crippen molar-refractivity contribution < 1.29 is 4.79 Å². The average Bonchev–Trinajstić information content (AvgIpc) is 2.90. The highest BCUT2D eigenvalue weighted by Gasteiger charge is 2.43. The van der Waals surface area contributed by atoms with Gasteiger partial charge in [-0.3, -0.25) is 4.79 Å². The zero-order valence-electron chi connectivity index (χ0n) is 8.69. The number of thiazole rings is 1. The van der Waals surface area contributed by atoms with E-state index >= 15 is 0 Å². The van der Waals surface area contributed by atoms with Crippen molar-refractivity contribution >= 4 is 17.1 Å². The van der Waals surface area contributed by atoms with Crippen molar-refractivity contribution in [3.8, 4) is 0 Å². The molecule has 0 amide bonds. The predicted molar refractivity (Wildman–Crippen MR) is 59.2 cm³/mol. The van der Waals surface area contributed by atoms with E-state index in [1.54, 1.807) is 6.20 Å². The summed E-state index contributed by atoms with van der Waals surface area (Å²) in [5.41, 5.74) is 0. The third-order valence-corrected chi connectivity index (χ3v) is 4.43. The molecule has 2 fully saturated rings. The van der Waals surface area contributed by atoms with E-state index in [1.165, 1.54) is 24.2 Å². The molecule has 2 saturated heterocycles. The molecule has 3 unspecified atom stereocenters. The van der Waals surface area contributed by atoms with E-state index < -0.39 is 0 Å². The Kier molecular flexibility index (Phi) is 2.14. The molecule has 1 N–H and O–H groups in total. The van der Waals surface area contributed by atoms with Gasteiger partial charge in [0, 0.05) is 24.2 Å². The molecule has 2 aliphatic rings. The van der Waals surface area contributed by atoms with Crippen molar-refractivity contribution in [3.63, 3.8) is 0 Å². The SMILES string of the molecule is Cc1ncc(C(=O)C2CC3CCC2N3)s1. The molecule has 3 nitrogen and oxygen atoms in total. The minimum atomic E-state index is 0.212. The molecule has 2 bridgehead atoms. The Bertz CT molecular complexity index is 401. The van der Waals surface area contributed by atoms with Crippen LogP contribution >= 0.6 is 11.3 Å². The first-order valence-corrected chi connectivity index (χ1v) is 6.28. The zero-order chi connectivity index (χ0) is 10.4. The number of hydrogen-bond acceptors (Lipinski definition) is 4. The van der Waals surface area contributed by atoms with Gasteiger partial charge in [-0.25, -0.2) is 4.98 Å². The number of ketones is 1. The number of aromatic nitrogens is 1. The molecule has 0 spiro atoms. The Labute approximate surface area is 92.9 Å². The summed E-state index contributed by atoms with van der Waals surface area (Å²) in [7, 11) is 0. The lowest BCUT2D eigenvalue weighted by Crippen LogP contribution is -2.28. The van der Waals surface area contributed by atoms with Crippen LogP contribution in [0.5, 0.6) is 0 Å². The second-order valence-corrected chi connectivity index (χ2v) is 5.73. The molecule has 0 radical (unpaired) electrons. The zero-order valence-corrected chi connectivity index (χ0v) is 9.51.